The summed E-state index contributed by atoms with van der Waals surface area (Å²) in [5.74, 6) is 0.445. The van der Waals surface area contributed by atoms with Crippen LogP contribution in [0, 0.1) is 20.8 Å². The topological polar surface area (TPSA) is 107 Å². The van der Waals surface area contributed by atoms with Crippen LogP contribution in [-0.4, -0.2) is 31.9 Å². The van der Waals surface area contributed by atoms with E-state index >= 15 is 0 Å². The van der Waals surface area contributed by atoms with Crippen LogP contribution in [0.15, 0.2) is 25.8 Å². The second-order valence-electron chi connectivity index (χ2n) is 7.47. The minimum Gasteiger partial charge on any atom is -0.461 e. The van der Waals surface area contributed by atoms with Gasteiger partial charge in [0.05, 0.1) is 23.5 Å². The van der Waals surface area contributed by atoms with Gasteiger partial charge in [-0.1, -0.05) is 0 Å². The van der Waals surface area contributed by atoms with Gasteiger partial charge in [0.1, 0.15) is 16.9 Å². The van der Waals surface area contributed by atoms with E-state index in [4.69, 9.17) is 8.83 Å². The lowest BCUT2D eigenvalue weighted by molar-refractivity contribution is -0.121. The first kappa shape index (κ1) is 18.7. The Morgan fingerprint density at radius 3 is 2.46 bits per heavy atom. The zero-order valence-corrected chi connectivity index (χ0v) is 16.7. The number of carbonyl (C=O) groups excluding carboxylic acids is 1. The van der Waals surface area contributed by atoms with Gasteiger partial charge in [0.25, 0.3) is 0 Å². The Morgan fingerprint density at radius 1 is 1.11 bits per heavy atom. The zero-order chi connectivity index (χ0) is 20.2. The van der Waals surface area contributed by atoms with Crippen LogP contribution in [0.1, 0.15) is 28.9 Å². The molecule has 0 radical (unpaired) electrons. The summed E-state index contributed by atoms with van der Waals surface area (Å²) in [6, 6.07) is 3.22. The first-order valence-corrected chi connectivity index (χ1v) is 10.9. The molecule has 3 aromatic rings. The van der Waals surface area contributed by atoms with Crippen LogP contribution in [0.25, 0.3) is 21.9 Å². The SMILES string of the molecule is Cc1oc2cc3oc(=O)c(CC(=O)NC4CCS(=O)(=O)C4)c(C)c3cc2c1C. The fourth-order valence-electron chi connectivity index (χ4n) is 3.78. The van der Waals surface area contributed by atoms with Crippen LogP contribution in [0.3, 0.4) is 0 Å². The molecule has 0 spiro atoms. The molecular weight excluding hydrogens is 382 g/mol. The minimum absolute atomic E-state index is 0.0544. The minimum atomic E-state index is -3.09. The van der Waals surface area contributed by atoms with Crippen molar-refractivity contribution in [3.8, 4) is 0 Å². The Bertz CT molecular complexity index is 1280. The molecule has 1 aromatic carbocycles. The maximum absolute atomic E-state index is 12.5. The van der Waals surface area contributed by atoms with E-state index in [9.17, 15) is 18.0 Å². The molecule has 1 atom stereocenters. The molecule has 1 aliphatic heterocycles. The molecule has 1 aliphatic rings. The van der Waals surface area contributed by atoms with E-state index in [1.165, 1.54) is 0 Å². The second kappa shape index (κ2) is 6.48. The van der Waals surface area contributed by atoms with Crippen molar-refractivity contribution >= 4 is 37.7 Å². The Kier molecular flexibility index (Phi) is 4.33. The first-order chi connectivity index (χ1) is 13.1. The van der Waals surface area contributed by atoms with Gasteiger partial charge in [0, 0.05) is 22.9 Å². The summed E-state index contributed by atoms with van der Waals surface area (Å²) in [5, 5.41) is 4.40. The number of sulfone groups is 1. The predicted octanol–water partition coefficient (Wildman–Crippen LogP) is 2.31. The summed E-state index contributed by atoms with van der Waals surface area (Å²) in [5.41, 5.74) is 2.47. The molecule has 28 heavy (non-hydrogen) atoms. The van der Waals surface area contributed by atoms with Gasteiger partial charge in [-0.2, -0.15) is 0 Å². The van der Waals surface area contributed by atoms with Crippen LogP contribution < -0.4 is 10.9 Å². The Morgan fingerprint density at radius 2 is 1.79 bits per heavy atom. The third-order valence-electron chi connectivity index (χ3n) is 5.52. The summed E-state index contributed by atoms with van der Waals surface area (Å²) < 4.78 is 34.2. The summed E-state index contributed by atoms with van der Waals surface area (Å²) in [7, 11) is -3.09. The highest BCUT2D eigenvalue weighted by Crippen LogP contribution is 2.31. The molecule has 8 heteroatoms. The van der Waals surface area contributed by atoms with Gasteiger partial charge in [0.2, 0.25) is 5.91 Å². The van der Waals surface area contributed by atoms with Crippen LogP contribution in [0.4, 0.5) is 0 Å². The number of amides is 1. The Balaban J connectivity index is 1.69. The number of benzene rings is 1. The number of hydrogen-bond donors (Lipinski definition) is 1. The van der Waals surface area contributed by atoms with Crippen molar-refractivity contribution in [3.63, 3.8) is 0 Å². The van der Waals surface area contributed by atoms with E-state index < -0.39 is 21.5 Å². The maximum Gasteiger partial charge on any atom is 0.340 e. The number of furan rings is 1. The standard InChI is InChI=1S/C20H21NO6S/c1-10-12(3)26-17-8-18-15(6-14(10)17)11(2)16(20(23)27-18)7-19(22)21-13-4-5-28(24,25)9-13/h6,8,13H,4-5,7,9H2,1-3H3,(H,21,22). The van der Waals surface area contributed by atoms with Crippen LogP contribution in [-0.2, 0) is 21.1 Å². The smallest absolute Gasteiger partial charge is 0.340 e. The van der Waals surface area contributed by atoms with Gasteiger partial charge in [-0.05, 0) is 44.4 Å². The van der Waals surface area contributed by atoms with Crippen molar-refractivity contribution in [2.45, 2.75) is 39.7 Å². The molecule has 4 rings (SSSR count). The zero-order valence-electron chi connectivity index (χ0n) is 15.9. The molecule has 1 saturated heterocycles. The van der Waals surface area contributed by atoms with Gasteiger partial charge in [-0.3, -0.25) is 4.79 Å². The average molecular weight is 403 g/mol. The molecule has 148 valence electrons. The van der Waals surface area contributed by atoms with E-state index in [2.05, 4.69) is 5.32 Å². The van der Waals surface area contributed by atoms with Crippen LogP contribution >= 0.6 is 0 Å². The van der Waals surface area contributed by atoms with E-state index in [0.717, 1.165) is 22.1 Å². The lowest BCUT2D eigenvalue weighted by atomic mass is 10.0. The predicted molar refractivity (Wildman–Crippen MR) is 105 cm³/mol. The average Bonchev–Trinajstić information content (AvgIpc) is 3.09. The molecule has 1 fully saturated rings. The summed E-state index contributed by atoms with van der Waals surface area (Å²) in [4.78, 5) is 24.9. The Hall–Kier alpha value is -2.61. The van der Waals surface area contributed by atoms with E-state index in [-0.39, 0.29) is 29.4 Å². The number of hydrogen-bond acceptors (Lipinski definition) is 6. The molecule has 1 N–H and O–H groups in total. The first-order valence-electron chi connectivity index (χ1n) is 9.10. The fraction of sp³-hybridized carbons (Fsp3) is 0.400. The maximum atomic E-state index is 12.5. The highest BCUT2D eigenvalue weighted by Gasteiger charge is 2.29. The molecule has 0 aliphatic carbocycles. The normalized spacial score (nSPS) is 18.8. The largest absolute Gasteiger partial charge is 0.461 e. The molecule has 1 unspecified atom stereocenters. The number of nitrogens with one attached hydrogen (secondary N) is 1. The fourth-order valence-corrected chi connectivity index (χ4v) is 5.45. The second-order valence-corrected chi connectivity index (χ2v) is 9.69. The lowest BCUT2D eigenvalue weighted by Gasteiger charge is -2.12. The molecular formula is C20H21NO6S. The number of fused-ring (bicyclic) bond motifs is 2. The summed E-state index contributed by atoms with van der Waals surface area (Å²) in [6.45, 7) is 5.63. The van der Waals surface area contributed by atoms with Gasteiger partial charge >= 0.3 is 5.63 Å². The van der Waals surface area contributed by atoms with Crippen molar-refractivity contribution in [2.75, 3.05) is 11.5 Å². The van der Waals surface area contributed by atoms with Crippen molar-refractivity contribution in [1.29, 1.82) is 0 Å². The molecule has 7 nitrogen and oxygen atoms in total. The highest BCUT2D eigenvalue weighted by atomic mass is 32.2. The number of carbonyl (C=O) groups is 1. The van der Waals surface area contributed by atoms with Crippen LogP contribution in [0.5, 0.6) is 0 Å². The van der Waals surface area contributed by atoms with Gasteiger partial charge in [0.15, 0.2) is 9.84 Å². The van der Waals surface area contributed by atoms with Crippen molar-refractivity contribution < 1.29 is 22.0 Å². The number of aryl methyl sites for hydroxylation is 3. The third-order valence-corrected chi connectivity index (χ3v) is 7.29. The lowest BCUT2D eigenvalue weighted by Crippen LogP contribution is -2.37. The van der Waals surface area contributed by atoms with Crippen molar-refractivity contribution in [2.24, 2.45) is 0 Å². The monoisotopic (exact) mass is 403 g/mol. The summed E-state index contributed by atoms with van der Waals surface area (Å²) >= 11 is 0. The van der Waals surface area contributed by atoms with E-state index in [1.54, 1.807) is 13.0 Å². The van der Waals surface area contributed by atoms with Crippen molar-refractivity contribution in [1.82, 2.24) is 5.32 Å². The molecule has 0 saturated carbocycles. The molecule has 3 heterocycles. The number of rotatable bonds is 3. The van der Waals surface area contributed by atoms with Gasteiger partial charge in [-0.25, -0.2) is 13.2 Å². The highest BCUT2D eigenvalue weighted by molar-refractivity contribution is 7.91. The molecule has 1 amide bonds. The molecule has 0 bridgehead atoms. The van der Waals surface area contributed by atoms with Crippen molar-refractivity contribution in [3.05, 3.63) is 45.0 Å². The van der Waals surface area contributed by atoms with E-state index in [0.29, 0.717) is 23.2 Å². The molecule has 2 aromatic heterocycles. The third kappa shape index (κ3) is 3.22. The van der Waals surface area contributed by atoms with Gasteiger partial charge < -0.3 is 14.2 Å². The van der Waals surface area contributed by atoms with E-state index in [1.807, 2.05) is 19.9 Å². The van der Waals surface area contributed by atoms with Gasteiger partial charge in [-0.15, -0.1) is 0 Å². The Labute approximate surface area is 161 Å². The quantitative estimate of drug-likeness (QED) is 0.673. The van der Waals surface area contributed by atoms with Crippen LogP contribution in [0.2, 0.25) is 0 Å². The summed E-state index contributed by atoms with van der Waals surface area (Å²) in [6.07, 6.45) is 0.249.